The van der Waals surface area contributed by atoms with Gasteiger partial charge in [-0.3, -0.25) is 19.8 Å². The van der Waals surface area contributed by atoms with Gasteiger partial charge < -0.3 is 9.84 Å². The lowest BCUT2D eigenvalue weighted by Gasteiger charge is -2.39. The van der Waals surface area contributed by atoms with Gasteiger partial charge in [0, 0.05) is 57.3 Å². The number of β-amino-alcohol motifs (C(OH)–C–C–N with tert-alkyl or cyclic N) is 1. The summed E-state index contributed by atoms with van der Waals surface area (Å²) in [5.74, 6) is -1.13. The maximum atomic E-state index is 14.7. The molecule has 3 N–H and O–H groups in total. The first-order valence-corrected chi connectivity index (χ1v) is 12.9. The Morgan fingerprint density at radius 3 is 2.44 bits per heavy atom. The SMILES string of the molecule is O=C(CCCCOc1ccc(CN2CCN(CC(O)(Cn3cncn3)c3ccc(F)cc3F)CC2)cc1)NO. The number of carbonyl (C=O) groups is 1. The number of nitrogens with zero attached hydrogens (tertiary/aromatic N) is 5. The molecule has 2 aromatic carbocycles. The van der Waals surface area contributed by atoms with Gasteiger partial charge in [0.25, 0.3) is 0 Å². The van der Waals surface area contributed by atoms with Crippen molar-refractivity contribution in [3.8, 4) is 5.75 Å². The van der Waals surface area contributed by atoms with E-state index in [-0.39, 0.29) is 25.1 Å². The van der Waals surface area contributed by atoms with Gasteiger partial charge in [-0.15, -0.1) is 0 Å². The Morgan fingerprint density at radius 1 is 1.03 bits per heavy atom. The fourth-order valence-corrected chi connectivity index (χ4v) is 4.73. The summed E-state index contributed by atoms with van der Waals surface area (Å²) >= 11 is 0. The van der Waals surface area contributed by atoms with Gasteiger partial charge in [0.05, 0.1) is 13.2 Å². The van der Waals surface area contributed by atoms with Crippen LogP contribution in [0.15, 0.2) is 55.1 Å². The summed E-state index contributed by atoms with van der Waals surface area (Å²) in [6.45, 7) is 4.30. The molecule has 1 fully saturated rings. The number of piperazine rings is 1. The molecule has 1 saturated heterocycles. The van der Waals surface area contributed by atoms with Crippen LogP contribution in [0.3, 0.4) is 0 Å². The average molecular weight is 545 g/mol. The van der Waals surface area contributed by atoms with Gasteiger partial charge in [-0.25, -0.2) is 23.9 Å². The van der Waals surface area contributed by atoms with Gasteiger partial charge in [-0.1, -0.05) is 18.2 Å². The van der Waals surface area contributed by atoms with E-state index in [1.807, 2.05) is 24.3 Å². The number of benzene rings is 2. The van der Waals surface area contributed by atoms with Gasteiger partial charge in [-0.2, -0.15) is 5.10 Å². The van der Waals surface area contributed by atoms with E-state index in [1.54, 1.807) is 5.48 Å². The number of rotatable bonds is 13. The third-order valence-corrected chi connectivity index (χ3v) is 6.79. The van der Waals surface area contributed by atoms with Crippen molar-refractivity contribution in [2.75, 3.05) is 39.3 Å². The van der Waals surface area contributed by atoms with Crippen LogP contribution in [-0.2, 0) is 23.5 Å². The molecule has 1 unspecified atom stereocenters. The van der Waals surface area contributed by atoms with Gasteiger partial charge in [0.15, 0.2) is 0 Å². The van der Waals surface area contributed by atoms with Crippen LogP contribution in [0.2, 0.25) is 0 Å². The van der Waals surface area contributed by atoms with Crippen LogP contribution in [0.5, 0.6) is 5.75 Å². The van der Waals surface area contributed by atoms with Crippen molar-refractivity contribution in [1.29, 1.82) is 0 Å². The van der Waals surface area contributed by atoms with E-state index in [0.717, 1.165) is 43.1 Å². The third-order valence-electron chi connectivity index (χ3n) is 6.79. The number of amides is 1. The van der Waals surface area contributed by atoms with Crippen molar-refractivity contribution in [2.45, 2.75) is 38.0 Å². The van der Waals surface area contributed by atoms with Crippen molar-refractivity contribution < 1.29 is 28.6 Å². The van der Waals surface area contributed by atoms with Crippen molar-refractivity contribution in [3.05, 3.63) is 77.9 Å². The van der Waals surface area contributed by atoms with E-state index in [9.17, 15) is 18.7 Å². The smallest absolute Gasteiger partial charge is 0.243 e. The quantitative estimate of drug-likeness (QED) is 0.171. The van der Waals surface area contributed by atoms with Crippen molar-refractivity contribution >= 4 is 5.91 Å². The topological polar surface area (TPSA) is 116 Å². The van der Waals surface area contributed by atoms with Crippen LogP contribution in [-0.4, -0.2) is 80.1 Å². The summed E-state index contributed by atoms with van der Waals surface area (Å²) in [7, 11) is 0. The molecule has 0 radical (unpaired) electrons. The Bertz CT molecular complexity index is 1190. The normalized spacial score (nSPS) is 16.1. The fraction of sp³-hybridized carbons (Fsp3) is 0.444. The van der Waals surface area contributed by atoms with Crippen LogP contribution >= 0.6 is 0 Å². The Balaban J connectivity index is 1.27. The van der Waals surface area contributed by atoms with Gasteiger partial charge in [0.2, 0.25) is 5.91 Å². The lowest BCUT2D eigenvalue weighted by atomic mass is 9.92. The molecule has 1 aliphatic heterocycles. The summed E-state index contributed by atoms with van der Waals surface area (Å²) < 4.78 is 35.4. The number of hydrogen-bond donors (Lipinski definition) is 3. The first-order chi connectivity index (χ1) is 18.8. The number of hydrogen-bond acceptors (Lipinski definition) is 8. The number of aromatic nitrogens is 3. The number of aliphatic hydroxyl groups is 1. The number of halogens is 2. The highest BCUT2D eigenvalue weighted by Crippen LogP contribution is 2.28. The number of carbonyl (C=O) groups excluding carboxylic acids is 1. The molecular weight excluding hydrogens is 510 g/mol. The van der Waals surface area contributed by atoms with E-state index in [0.29, 0.717) is 32.5 Å². The minimum absolute atomic E-state index is 0.0117. The summed E-state index contributed by atoms with van der Waals surface area (Å²) in [5, 5.41) is 24.1. The minimum atomic E-state index is -1.62. The lowest BCUT2D eigenvalue weighted by molar-refractivity contribution is -0.129. The molecule has 0 aliphatic carbocycles. The molecule has 12 heteroatoms. The molecule has 0 saturated carbocycles. The monoisotopic (exact) mass is 544 g/mol. The van der Waals surface area contributed by atoms with Gasteiger partial charge >= 0.3 is 0 Å². The Labute approximate surface area is 225 Å². The first kappa shape index (κ1) is 28.6. The Hall–Kier alpha value is -3.45. The molecular formula is C27H34F2N6O4. The fourth-order valence-electron chi connectivity index (χ4n) is 4.73. The van der Waals surface area contributed by atoms with Crippen molar-refractivity contribution in [1.82, 2.24) is 30.0 Å². The van der Waals surface area contributed by atoms with E-state index in [1.165, 1.54) is 23.4 Å². The maximum absolute atomic E-state index is 14.7. The second kappa shape index (κ2) is 13.6. The molecule has 0 spiro atoms. The molecule has 3 aromatic rings. The summed E-state index contributed by atoms with van der Waals surface area (Å²) in [4.78, 5) is 19.3. The molecule has 0 bridgehead atoms. The average Bonchev–Trinajstić information content (AvgIpc) is 3.43. The highest BCUT2D eigenvalue weighted by Gasteiger charge is 2.36. The molecule has 1 atom stereocenters. The molecule has 10 nitrogen and oxygen atoms in total. The highest BCUT2D eigenvalue weighted by molar-refractivity contribution is 5.74. The van der Waals surface area contributed by atoms with Crippen molar-refractivity contribution in [2.24, 2.45) is 0 Å². The molecule has 210 valence electrons. The third kappa shape index (κ3) is 8.27. The van der Waals surface area contributed by atoms with Crippen LogP contribution in [0, 0.1) is 11.6 Å². The van der Waals surface area contributed by atoms with Crippen LogP contribution in [0.1, 0.15) is 30.4 Å². The van der Waals surface area contributed by atoms with Crippen LogP contribution in [0.4, 0.5) is 8.78 Å². The van der Waals surface area contributed by atoms with Crippen molar-refractivity contribution in [3.63, 3.8) is 0 Å². The Morgan fingerprint density at radius 2 is 1.77 bits per heavy atom. The van der Waals surface area contributed by atoms with Crippen LogP contribution in [0.25, 0.3) is 0 Å². The molecule has 39 heavy (non-hydrogen) atoms. The zero-order chi connectivity index (χ0) is 27.7. The number of ether oxygens (including phenoxy) is 1. The first-order valence-electron chi connectivity index (χ1n) is 12.9. The van der Waals surface area contributed by atoms with E-state index in [4.69, 9.17) is 9.94 Å². The largest absolute Gasteiger partial charge is 0.494 e. The predicted molar refractivity (Wildman–Crippen MR) is 138 cm³/mol. The van der Waals surface area contributed by atoms with Gasteiger partial charge in [0.1, 0.15) is 35.6 Å². The summed E-state index contributed by atoms with van der Waals surface area (Å²) in [6, 6.07) is 11.1. The van der Waals surface area contributed by atoms with E-state index >= 15 is 0 Å². The summed E-state index contributed by atoms with van der Waals surface area (Å²) in [5.41, 5.74) is 1.17. The predicted octanol–water partition coefficient (Wildman–Crippen LogP) is 2.32. The zero-order valence-electron chi connectivity index (χ0n) is 21.7. The Kier molecular flexibility index (Phi) is 9.93. The molecule has 1 amide bonds. The standard InChI is InChI=1S/C27H34F2N6O4/c28-22-6-9-24(25(29)15-22)27(37,18-35-20-30-19-31-35)17-34-12-10-33(11-13-34)16-21-4-7-23(8-5-21)39-14-2-1-3-26(36)32-38/h4-9,15,19-20,37-38H,1-3,10-14,16-18H2,(H,32,36). The second-order valence-corrected chi connectivity index (χ2v) is 9.79. The zero-order valence-corrected chi connectivity index (χ0v) is 21.7. The highest BCUT2D eigenvalue weighted by atomic mass is 19.1. The van der Waals surface area contributed by atoms with E-state index in [2.05, 4.69) is 19.9 Å². The molecule has 4 rings (SSSR count). The number of nitrogens with one attached hydrogen (secondary N) is 1. The molecule has 2 heterocycles. The second-order valence-electron chi connectivity index (χ2n) is 9.79. The molecule has 1 aliphatic rings. The maximum Gasteiger partial charge on any atom is 0.243 e. The lowest BCUT2D eigenvalue weighted by Crippen LogP contribution is -2.52. The summed E-state index contributed by atoms with van der Waals surface area (Å²) in [6.07, 6.45) is 4.41. The minimum Gasteiger partial charge on any atom is -0.494 e. The molecule has 1 aromatic heterocycles. The van der Waals surface area contributed by atoms with Gasteiger partial charge in [-0.05, 0) is 36.6 Å². The number of hydroxylamine groups is 1. The number of unbranched alkanes of at least 4 members (excludes halogenated alkanes) is 1. The van der Waals surface area contributed by atoms with E-state index < -0.39 is 23.1 Å². The van der Waals surface area contributed by atoms with Crippen LogP contribution < -0.4 is 10.2 Å².